The fourth-order valence-electron chi connectivity index (χ4n) is 1.55. The minimum absolute atomic E-state index is 0.0170. The zero-order valence-corrected chi connectivity index (χ0v) is 12.6. The summed E-state index contributed by atoms with van der Waals surface area (Å²) in [4.78, 5) is 22.1. The van der Waals surface area contributed by atoms with Crippen molar-refractivity contribution in [2.24, 2.45) is 0 Å². The minimum Gasteiger partial charge on any atom is -0.481 e. The molecule has 8 heteroatoms. The van der Waals surface area contributed by atoms with Crippen LogP contribution in [0.2, 0.25) is 0 Å². The van der Waals surface area contributed by atoms with Gasteiger partial charge in [-0.05, 0) is 38.1 Å². The Balaban J connectivity index is 2.74. The van der Waals surface area contributed by atoms with E-state index in [2.05, 4.69) is 10.0 Å². The average Bonchev–Trinajstić information content (AvgIpc) is 2.37. The Morgan fingerprint density at radius 2 is 1.76 bits per heavy atom. The molecule has 21 heavy (non-hydrogen) atoms. The van der Waals surface area contributed by atoms with Crippen molar-refractivity contribution < 1.29 is 23.1 Å². The van der Waals surface area contributed by atoms with Gasteiger partial charge in [-0.25, -0.2) is 13.1 Å². The molecule has 0 spiro atoms. The van der Waals surface area contributed by atoms with Crippen molar-refractivity contribution in [2.75, 3.05) is 6.54 Å². The van der Waals surface area contributed by atoms with E-state index in [1.165, 1.54) is 24.3 Å². The molecule has 0 heterocycles. The number of carbonyl (C=O) groups is 2. The summed E-state index contributed by atoms with van der Waals surface area (Å²) < 4.78 is 26.2. The summed E-state index contributed by atoms with van der Waals surface area (Å²) in [6, 6.07) is 5.19. The number of carboxylic acid groups (broad SMARTS) is 1. The van der Waals surface area contributed by atoms with E-state index in [4.69, 9.17) is 5.11 Å². The van der Waals surface area contributed by atoms with Crippen LogP contribution < -0.4 is 10.0 Å². The highest BCUT2D eigenvalue weighted by Gasteiger charge is 2.15. The summed E-state index contributed by atoms with van der Waals surface area (Å²) in [5.74, 6) is -1.45. The lowest BCUT2D eigenvalue weighted by molar-refractivity contribution is -0.136. The molecular weight excluding hydrogens is 296 g/mol. The van der Waals surface area contributed by atoms with E-state index in [-0.39, 0.29) is 29.5 Å². The minimum atomic E-state index is -3.59. The Kier molecular flexibility index (Phi) is 5.86. The molecule has 0 aliphatic carbocycles. The normalized spacial score (nSPS) is 11.4. The largest absolute Gasteiger partial charge is 0.481 e. The standard InChI is InChI=1S/C13H18N2O5S/c1-9(2)15-21(19,20)11-5-3-10(4-6-11)13(18)14-8-7-12(16)17/h3-6,9,15H,7-8H2,1-2H3,(H,14,18)(H,16,17). The number of rotatable bonds is 7. The first kappa shape index (κ1) is 17.1. The fraction of sp³-hybridized carbons (Fsp3) is 0.385. The predicted octanol–water partition coefficient (Wildman–Crippen LogP) is 0.578. The molecule has 0 unspecified atom stereocenters. The Labute approximate surface area is 123 Å². The summed E-state index contributed by atoms with van der Waals surface area (Å²) in [5.41, 5.74) is 0.267. The number of hydrogen-bond donors (Lipinski definition) is 3. The number of carbonyl (C=O) groups excluding carboxylic acids is 1. The van der Waals surface area contributed by atoms with Gasteiger partial charge in [0.05, 0.1) is 11.3 Å². The van der Waals surface area contributed by atoms with Crippen molar-refractivity contribution in [1.82, 2.24) is 10.0 Å². The highest BCUT2D eigenvalue weighted by molar-refractivity contribution is 7.89. The molecular formula is C13H18N2O5S. The van der Waals surface area contributed by atoms with E-state index < -0.39 is 21.9 Å². The molecule has 1 aromatic rings. The van der Waals surface area contributed by atoms with Gasteiger partial charge in [-0.2, -0.15) is 0 Å². The van der Waals surface area contributed by atoms with Crippen LogP contribution in [-0.4, -0.2) is 38.0 Å². The smallest absolute Gasteiger partial charge is 0.305 e. The van der Waals surface area contributed by atoms with Crippen LogP contribution in [-0.2, 0) is 14.8 Å². The van der Waals surface area contributed by atoms with Crippen molar-refractivity contribution in [2.45, 2.75) is 31.2 Å². The van der Waals surface area contributed by atoms with Crippen LogP contribution in [0.5, 0.6) is 0 Å². The summed E-state index contributed by atoms with van der Waals surface area (Å²) >= 11 is 0. The highest BCUT2D eigenvalue weighted by atomic mass is 32.2. The second-order valence-corrected chi connectivity index (χ2v) is 6.41. The zero-order chi connectivity index (χ0) is 16.0. The van der Waals surface area contributed by atoms with Crippen molar-refractivity contribution in [3.05, 3.63) is 29.8 Å². The van der Waals surface area contributed by atoms with E-state index in [0.717, 1.165) is 0 Å². The topological polar surface area (TPSA) is 113 Å². The fourth-order valence-corrected chi connectivity index (χ4v) is 2.80. The van der Waals surface area contributed by atoms with Gasteiger partial charge in [0, 0.05) is 18.2 Å². The first-order valence-corrected chi connectivity index (χ1v) is 7.83. The van der Waals surface area contributed by atoms with Crippen LogP contribution >= 0.6 is 0 Å². The van der Waals surface area contributed by atoms with Crippen LogP contribution in [0.3, 0.4) is 0 Å². The van der Waals surface area contributed by atoms with Gasteiger partial charge < -0.3 is 10.4 Å². The third-order valence-corrected chi connectivity index (χ3v) is 4.12. The lowest BCUT2D eigenvalue weighted by Crippen LogP contribution is -2.30. The molecule has 0 aliphatic heterocycles. The van der Waals surface area contributed by atoms with Gasteiger partial charge in [0.1, 0.15) is 0 Å². The van der Waals surface area contributed by atoms with E-state index in [9.17, 15) is 18.0 Å². The van der Waals surface area contributed by atoms with Gasteiger partial charge >= 0.3 is 5.97 Å². The van der Waals surface area contributed by atoms with Gasteiger partial charge in [-0.15, -0.1) is 0 Å². The quantitative estimate of drug-likeness (QED) is 0.681. The van der Waals surface area contributed by atoms with Gasteiger partial charge in [0.15, 0.2) is 0 Å². The molecule has 0 aliphatic rings. The van der Waals surface area contributed by atoms with E-state index >= 15 is 0 Å². The summed E-state index contributed by atoms with van der Waals surface area (Å²) in [6.07, 6.45) is -0.170. The molecule has 0 atom stereocenters. The Hall–Kier alpha value is -1.93. The molecule has 1 aromatic carbocycles. The SMILES string of the molecule is CC(C)NS(=O)(=O)c1ccc(C(=O)NCCC(=O)O)cc1. The Bertz CT molecular complexity index is 608. The number of amides is 1. The van der Waals surface area contributed by atoms with Gasteiger partial charge in [-0.3, -0.25) is 9.59 Å². The zero-order valence-electron chi connectivity index (χ0n) is 11.8. The second-order valence-electron chi connectivity index (χ2n) is 4.70. The second kappa shape index (κ2) is 7.19. The average molecular weight is 314 g/mol. The lowest BCUT2D eigenvalue weighted by atomic mass is 10.2. The molecule has 0 fully saturated rings. The summed E-state index contributed by atoms with van der Waals surface area (Å²) in [5, 5.41) is 10.9. The van der Waals surface area contributed by atoms with Gasteiger partial charge in [0.25, 0.3) is 5.91 Å². The molecule has 1 rings (SSSR count). The molecule has 0 bridgehead atoms. The molecule has 0 saturated carbocycles. The van der Waals surface area contributed by atoms with Crippen molar-refractivity contribution in [3.63, 3.8) is 0 Å². The van der Waals surface area contributed by atoms with Crippen molar-refractivity contribution in [3.8, 4) is 0 Å². The van der Waals surface area contributed by atoms with Gasteiger partial charge in [0.2, 0.25) is 10.0 Å². The number of hydrogen-bond acceptors (Lipinski definition) is 4. The molecule has 0 radical (unpaired) electrons. The Morgan fingerprint density at radius 3 is 2.24 bits per heavy atom. The van der Waals surface area contributed by atoms with Crippen LogP contribution in [0.4, 0.5) is 0 Å². The van der Waals surface area contributed by atoms with Crippen molar-refractivity contribution >= 4 is 21.9 Å². The number of aliphatic carboxylic acids is 1. The monoisotopic (exact) mass is 314 g/mol. The molecule has 1 amide bonds. The lowest BCUT2D eigenvalue weighted by Gasteiger charge is -2.10. The maximum atomic E-state index is 11.9. The maximum absolute atomic E-state index is 11.9. The van der Waals surface area contributed by atoms with Crippen LogP contribution in [0.15, 0.2) is 29.2 Å². The first-order chi connectivity index (χ1) is 9.72. The number of carboxylic acids is 1. The van der Waals surface area contributed by atoms with Crippen LogP contribution in [0, 0.1) is 0 Å². The number of nitrogens with one attached hydrogen (secondary N) is 2. The molecule has 116 valence electrons. The maximum Gasteiger partial charge on any atom is 0.305 e. The molecule has 3 N–H and O–H groups in total. The van der Waals surface area contributed by atoms with Crippen LogP contribution in [0.1, 0.15) is 30.6 Å². The van der Waals surface area contributed by atoms with E-state index in [0.29, 0.717) is 0 Å². The van der Waals surface area contributed by atoms with Crippen LogP contribution in [0.25, 0.3) is 0 Å². The van der Waals surface area contributed by atoms with Crippen molar-refractivity contribution in [1.29, 1.82) is 0 Å². The predicted molar refractivity (Wildman–Crippen MR) is 76.5 cm³/mol. The summed E-state index contributed by atoms with van der Waals surface area (Å²) in [7, 11) is -3.59. The Morgan fingerprint density at radius 1 is 1.19 bits per heavy atom. The third kappa shape index (κ3) is 5.52. The van der Waals surface area contributed by atoms with Gasteiger partial charge in [-0.1, -0.05) is 0 Å². The first-order valence-electron chi connectivity index (χ1n) is 6.35. The number of sulfonamides is 1. The molecule has 7 nitrogen and oxygen atoms in total. The number of benzene rings is 1. The molecule has 0 aromatic heterocycles. The van der Waals surface area contributed by atoms with E-state index in [1.54, 1.807) is 13.8 Å². The third-order valence-electron chi connectivity index (χ3n) is 2.44. The highest BCUT2D eigenvalue weighted by Crippen LogP contribution is 2.11. The summed E-state index contributed by atoms with van der Waals surface area (Å²) in [6.45, 7) is 3.44. The molecule has 0 saturated heterocycles. The van der Waals surface area contributed by atoms with E-state index in [1.807, 2.05) is 0 Å².